The standard InChI is InChI=1S/C16H22FNO/c1-3-5-9-14(18-10-4-2)15-11-12-7-6-8-13(17)16(12)19-15/h6-8,11,14,18H,3-5,9-10H2,1-2H3. The van der Waals surface area contributed by atoms with Crippen molar-refractivity contribution >= 4 is 11.0 Å². The molecule has 1 heterocycles. The fraction of sp³-hybridized carbons (Fsp3) is 0.500. The summed E-state index contributed by atoms with van der Waals surface area (Å²) in [7, 11) is 0. The van der Waals surface area contributed by atoms with Gasteiger partial charge in [-0.3, -0.25) is 0 Å². The molecule has 1 unspecified atom stereocenters. The van der Waals surface area contributed by atoms with E-state index in [-0.39, 0.29) is 11.9 Å². The summed E-state index contributed by atoms with van der Waals surface area (Å²) in [4.78, 5) is 0. The lowest BCUT2D eigenvalue weighted by Crippen LogP contribution is -2.21. The van der Waals surface area contributed by atoms with E-state index in [1.165, 1.54) is 6.07 Å². The van der Waals surface area contributed by atoms with Gasteiger partial charge in [0.1, 0.15) is 5.76 Å². The molecule has 2 rings (SSSR count). The monoisotopic (exact) mass is 263 g/mol. The molecule has 0 amide bonds. The first-order valence-corrected chi connectivity index (χ1v) is 7.17. The molecule has 0 spiro atoms. The van der Waals surface area contributed by atoms with E-state index in [2.05, 4.69) is 19.2 Å². The van der Waals surface area contributed by atoms with Crippen molar-refractivity contribution in [1.29, 1.82) is 0 Å². The van der Waals surface area contributed by atoms with Crippen LogP contribution in [-0.2, 0) is 0 Å². The molecule has 3 heteroatoms. The number of nitrogens with one attached hydrogen (secondary N) is 1. The minimum Gasteiger partial charge on any atom is -0.456 e. The first kappa shape index (κ1) is 14.1. The Kier molecular flexibility index (Phi) is 4.97. The molecular formula is C16H22FNO. The van der Waals surface area contributed by atoms with Crippen molar-refractivity contribution < 1.29 is 8.81 Å². The highest BCUT2D eigenvalue weighted by Crippen LogP contribution is 2.28. The van der Waals surface area contributed by atoms with E-state index in [1.54, 1.807) is 6.07 Å². The summed E-state index contributed by atoms with van der Waals surface area (Å²) in [5, 5.41) is 4.33. The van der Waals surface area contributed by atoms with E-state index in [0.29, 0.717) is 5.58 Å². The lowest BCUT2D eigenvalue weighted by Gasteiger charge is -2.15. The van der Waals surface area contributed by atoms with Crippen LogP contribution in [-0.4, -0.2) is 6.54 Å². The summed E-state index contributed by atoms with van der Waals surface area (Å²) in [6.07, 6.45) is 4.40. The van der Waals surface area contributed by atoms with E-state index in [9.17, 15) is 4.39 Å². The molecule has 0 saturated heterocycles. The topological polar surface area (TPSA) is 25.2 Å². The third-order valence-electron chi connectivity index (χ3n) is 3.35. The predicted molar refractivity (Wildman–Crippen MR) is 76.7 cm³/mol. The SMILES string of the molecule is CCCCC(NCCC)c1cc2cccc(F)c2o1. The van der Waals surface area contributed by atoms with Crippen LogP contribution in [0.5, 0.6) is 0 Å². The number of rotatable bonds is 7. The van der Waals surface area contributed by atoms with Crippen LogP contribution in [0.15, 0.2) is 28.7 Å². The second kappa shape index (κ2) is 6.71. The molecule has 1 aromatic carbocycles. The summed E-state index contributed by atoms with van der Waals surface area (Å²) in [5.74, 6) is 0.565. The molecule has 2 aromatic rings. The summed E-state index contributed by atoms with van der Waals surface area (Å²) < 4.78 is 19.4. The van der Waals surface area contributed by atoms with Crippen molar-refractivity contribution in [3.05, 3.63) is 35.8 Å². The lowest BCUT2D eigenvalue weighted by molar-refractivity contribution is 0.397. The van der Waals surface area contributed by atoms with Crippen LogP contribution < -0.4 is 5.32 Å². The number of halogens is 1. The second-order valence-electron chi connectivity index (χ2n) is 4.96. The highest BCUT2D eigenvalue weighted by atomic mass is 19.1. The highest BCUT2D eigenvalue weighted by Gasteiger charge is 2.16. The number of hydrogen-bond acceptors (Lipinski definition) is 2. The van der Waals surface area contributed by atoms with E-state index >= 15 is 0 Å². The summed E-state index contributed by atoms with van der Waals surface area (Å²) in [6, 6.07) is 7.20. The van der Waals surface area contributed by atoms with Crippen molar-refractivity contribution in [3.8, 4) is 0 Å². The number of furan rings is 1. The molecule has 0 aliphatic rings. The zero-order valence-corrected chi connectivity index (χ0v) is 11.7. The Labute approximate surface area is 114 Å². The normalized spacial score (nSPS) is 13.0. The van der Waals surface area contributed by atoms with E-state index in [4.69, 9.17) is 4.42 Å². The van der Waals surface area contributed by atoms with Crippen molar-refractivity contribution in [3.63, 3.8) is 0 Å². The second-order valence-corrected chi connectivity index (χ2v) is 4.96. The third-order valence-corrected chi connectivity index (χ3v) is 3.35. The summed E-state index contributed by atoms with van der Waals surface area (Å²) in [6.45, 7) is 5.27. The largest absolute Gasteiger partial charge is 0.456 e. The maximum absolute atomic E-state index is 13.7. The van der Waals surface area contributed by atoms with Crippen LogP contribution in [0.25, 0.3) is 11.0 Å². The minimum absolute atomic E-state index is 0.187. The molecule has 0 fully saturated rings. The molecule has 1 N–H and O–H groups in total. The van der Waals surface area contributed by atoms with E-state index in [0.717, 1.165) is 43.4 Å². The fourth-order valence-electron chi connectivity index (χ4n) is 2.29. The van der Waals surface area contributed by atoms with Gasteiger partial charge in [-0.05, 0) is 31.5 Å². The van der Waals surface area contributed by atoms with Gasteiger partial charge in [-0.2, -0.15) is 0 Å². The van der Waals surface area contributed by atoms with Crippen molar-refractivity contribution in [2.45, 2.75) is 45.6 Å². The van der Waals surface area contributed by atoms with Gasteiger partial charge in [0.2, 0.25) is 0 Å². The van der Waals surface area contributed by atoms with Gasteiger partial charge in [-0.15, -0.1) is 0 Å². The Morgan fingerprint density at radius 2 is 2.11 bits per heavy atom. The van der Waals surface area contributed by atoms with Gasteiger partial charge in [0.15, 0.2) is 11.4 Å². The number of para-hydroxylation sites is 1. The van der Waals surface area contributed by atoms with Gasteiger partial charge >= 0.3 is 0 Å². The van der Waals surface area contributed by atoms with E-state index < -0.39 is 0 Å². The van der Waals surface area contributed by atoms with Crippen LogP contribution in [0.1, 0.15) is 51.3 Å². The molecule has 0 saturated carbocycles. The van der Waals surface area contributed by atoms with Crippen LogP contribution in [0.3, 0.4) is 0 Å². The highest BCUT2D eigenvalue weighted by molar-refractivity contribution is 5.78. The van der Waals surface area contributed by atoms with Gasteiger partial charge in [0, 0.05) is 5.39 Å². The molecule has 1 atom stereocenters. The van der Waals surface area contributed by atoms with Gasteiger partial charge in [0.05, 0.1) is 6.04 Å². The first-order valence-electron chi connectivity index (χ1n) is 7.17. The van der Waals surface area contributed by atoms with E-state index in [1.807, 2.05) is 12.1 Å². The maximum Gasteiger partial charge on any atom is 0.169 e. The molecule has 0 aliphatic heterocycles. The Morgan fingerprint density at radius 1 is 1.26 bits per heavy atom. The summed E-state index contributed by atoms with van der Waals surface area (Å²) >= 11 is 0. The number of benzene rings is 1. The van der Waals surface area contributed by atoms with Crippen molar-refractivity contribution in [1.82, 2.24) is 5.32 Å². The van der Waals surface area contributed by atoms with Crippen molar-refractivity contribution in [2.24, 2.45) is 0 Å². The van der Waals surface area contributed by atoms with Gasteiger partial charge in [-0.25, -0.2) is 4.39 Å². The molecule has 0 aliphatic carbocycles. The third kappa shape index (κ3) is 3.35. The molecule has 0 radical (unpaired) electrons. The van der Waals surface area contributed by atoms with Gasteiger partial charge < -0.3 is 9.73 Å². The minimum atomic E-state index is -0.284. The summed E-state index contributed by atoms with van der Waals surface area (Å²) in [5.41, 5.74) is 0.372. The smallest absolute Gasteiger partial charge is 0.169 e. The number of unbranched alkanes of at least 4 members (excludes halogenated alkanes) is 1. The Balaban J connectivity index is 2.24. The van der Waals surface area contributed by atoms with Crippen LogP contribution in [0.4, 0.5) is 4.39 Å². The number of hydrogen-bond donors (Lipinski definition) is 1. The van der Waals surface area contributed by atoms with Gasteiger partial charge in [-0.1, -0.05) is 38.8 Å². The first-order chi connectivity index (χ1) is 9.26. The quantitative estimate of drug-likeness (QED) is 0.776. The Hall–Kier alpha value is -1.35. The van der Waals surface area contributed by atoms with Crippen LogP contribution in [0, 0.1) is 5.82 Å². The zero-order valence-electron chi connectivity index (χ0n) is 11.7. The Bertz CT molecular complexity index is 512. The molecule has 1 aromatic heterocycles. The van der Waals surface area contributed by atoms with Crippen molar-refractivity contribution in [2.75, 3.05) is 6.54 Å². The lowest BCUT2D eigenvalue weighted by atomic mass is 10.1. The Morgan fingerprint density at radius 3 is 2.79 bits per heavy atom. The molecular weight excluding hydrogens is 241 g/mol. The molecule has 2 nitrogen and oxygen atoms in total. The average Bonchev–Trinajstić information content (AvgIpc) is 2.84. The van der Waals surface area contributed by atoms with Gasteiger partial charge in [0.25, 0.3) is 0 Å². The van der Waals surface area contributed by atoms with Crippen LogP contribution >= 0.6 is 0 Å². The predicted octanol–water partition coefficient (Wildman–Crippen LogP) is 4.80. The van der Waals surface area contributed by atoms with Crippen LogP contribution in [0.2, 0.25) is 0 Å². The fourth-order valence-corrected chi connectivity index (χ4v) is 2.29. The maximum atomic E-state index is 13.7. The number of fused-ring (bicyclic) bond motifs is 1. The zero-order chi connectivity index (χ0) is 13.7. The average molecular weight is 263 g/mol. The molecule has 0 bridgehead atoms. The molecule has 104 valence electrons. The molecule has 19 heavy (non-hydrogen) atoms.